The number of rotatable bonds is 0. The third-order valence-electron chi connectivity index (χ3n) is 3.47. The maximum Gasteiger partial charge on any atom is 0.263 e. The van der Waals surface area contributed by atoms with Crippen LogP contribution in [0.3, 0.4) is 0 Å². The van der Waals surface area contributed by atoms with Gasteiger partial charge in [-0.25, -0.2) is 8.78 Å². The normalized spacial score (nSPS) is 12.8. The van der Waals surface area contributed by atoms with Crippen molar-refractivity contribution in [3.63, 3.8) is 0 Å². The van der Waals surface area contributed by atoms with E-state index in [0.29, 0.717) is 11.3 Å². The number of carbonyl (C=O) groups is 1. The molecule has 2 nitrogen and oxygen atoms in total. The summed E-state index contributed by atoms with van der Waals surface area (Å²) < 4.78 is 28.4. The lowest BCUT2D eigenvalue weighted by Crippen LogP contribution is -2.05. The maximum absolute atomic E-state index is 13.7. The van der Waals surface area contributed by atoms with Crippen LogP contribution < -0.4 is 0 Å². The summed E-state index contributed by atoms with van der Waals surface area (Å²) in [4.78, 5) is 12.3. The fraction of sp³-hybridized carbons (Fsp3) is 0. The molecule has 0 spiro atoms. The van der Waals surface area contributed by atoms with Gasteiger partial charge in [0.2, 0.25) is 0 Å². The van der Waals surface area contributed by atoms with Crippen molar-refractivity contribution in [3.8, 4) is 11.3 Å². The third-order valence-corrected chi connectivity index (χ3v) is 3.47. The van der Waals surface area contributed by atoms with Gasteiger partial charge in [0.1, 0.15) is 11.6 Å². The summed E-state index contributed by atoms with van der Waals surface area (Å²) in [6.07, 6.45) is 0. The van der Waals surface area contributed by atoms with Crippen molar-refractivity contribution < 1.29 is 13.6 Å². The Morgan fingerprint density at radius 1 is 0.947 bits per heavy atom. The highest BCUT2D eigenvalue weighted by atomic mass is 19.1. The summed E-state index contributed by atoms with van der Waals surface area (Å²) in [6, 6.07) is 10.7. The number of benzene rings is 2. The first-order valence-electron chi connectivity index (χ1n) is 5.81. The van der Waals surface area contributed by atoms with Crippen molar-refractivity contribution in [3.05, 3.63) is 59.7 Å². The Hall–Kier alpha value is -2.49. The van der Waals surface area contributed by atoms with E-state index in [1.165, 1.54) is 10.6 Å². The molecule has 0 saturated carbocycles. The highest BCUT2D eigenvalue weighted by Crippen LogP contribution is 2.37. The molecule has 3 aromatic rings. The summed E-state index contributed by atoms with van der Waals surface area (Å²) in [5.74, 6) is -1.58. The van der Waals surface area contributed by atoms with Gasteiger partial charge < -0.3 is 0 Å². The van der Waals surface area contributed by atoms with Crippen LogP contribution in [0.1, 0.15) is 10.4 Å². The van der Waals surface area contributed by atoms with Gasteiger partial charge in [-0.1, -0.05) is 18.2 Å². The molecule has 1 aliphatic heterocycles. The molecule has 1 aromatic heterocycles. The fourth-order valence-corrected chi connectivity index (χ4v) is 2.66. The first-order valence-corrected chi connectivity index (χ1v) is 5.81. The van der Waals surface area contributed by atoms with Gasteiger partial charge in [0.25, 0.3) is 5.91 Å². The molecule has 1 aliphatic rings. The molecule has 0 bridgehead atoms. The molecule has 0 unspecified atom stereocenters. The maximum atomic E-state index is 13.7. The molecule has 19 heavy (non-hydrogen) atoms. The van der Waals surface area contributed by atoms with Gasteiger partial charge in [0.15, 0.2) is 0 Å². The second-order valence-electron chi connectivity index (χ2n) is 4.54. The molecule has 0 radical (unpaired) electrons. The minimum absolute atomic E-state index is 0.245. The van der Waals surface area contributed by atoms with Crippen LogP contribution in [0.25, 0.3) is 22.2 Å². The smallest absolute Gasteiger partial charge is 0.263 e. The minimum Gasteiger partial charge on any atom is -0.276 e. The average molecular weight is 255 g/mol. The lowest BCUT2D eigenvalue weighted by atomic mass is 10.1. The van der Waals surface area contributed by atoms with Gasteiger partial charge in [-0.05, 0) is 18.2 Å². The summed E-state index contributed by atoms with van der Waals surface area (Å²) in [6.45, 7) is 0. The molecule has 4 rings (SSSR count). The van der Waals surface area contributed by atoms with E-state index in [1.54, 1.807) is 24.3 Å². The number of nitrogens with zero attached hydrogens (tertiary/aromatic N) is 1. The lowest BCUT2D eigenvalue weighted by Gasteiger charge is -2.00. The summed E-state index contributed by atoms with van der Waals surface area (Å²) in [5.41, 5.74) is 2.20. The van der Waals surface area contributed by atoms with E-state index in [9.17, 15) is 13.6 Å². The Morgan fingerprint density at radius 3 is 2.47 bits per heavy atom. The highest BCUT2D eigenvalue weighted by molar-refractivity contribution is 6.14. The Balaban J connectivity index is 2.18. The van der Waals surface area contributed by atoms with E-state index in [1.807, 2.05) is 6.07 Å². The zero-order valence-electron chi connectivity index (χ0n) is 9.65. The Labute approximate surface area is 106 Å². The Bertz CT molecular complexity index is 864. The number of carbonyl (C=O) groups excluding carboxylic acids is 1. The molecule has 2 aromatic carbocycles. The molecule has 2 heterocycles. The van der Waals surface area contributed by atoms with E-state index in [0.717, 1.165) is 11.6 Å². The molecular formula is C15H7F2NO. The van der Waals surface area contributed by atoms with Crippen LogP contribution in [0.15, 0.2) is 42.5 Å². The van der Waals surface area contributed by atoms with Gasteiger partial charge >= 0.3 is 0 Å². The molecular weight excluding hydrogens is 248 g/mol. The van der Waals surface area contributed by atoms with E-state index in [2.05, 4.69) is 0 Å². The van der Waals surface area contributed by atoms with Gasteiger partial charge in [-0.2, -0.15) is 0 Å². The van der Waals surface area contributed by atoms with Crippen LogP contribution in [0.5, 0.6) is 0 Å². The largest absolute Gasteiger partial charge is 0.276 e. The molecule has 0 fully saturated rings. The number of fused-ring (bicyclic) bond motifs is 5. The van der Waals surface area contributed by atoms with Crippen LogP contribution in [0, 0.1) is 11.6 Å². The second kappa shape index (κ2) is 3.29. The monoisotopic (exact) mass is 255 g/mol. The molecule has 4 heteroatoms. The van der Waals surface area contributed by atoms with Crippen LogP contribution in [-0.2, 0) is 0 Å². The molecule has 92 valence electrons. The van der Waals surface area contributed by atoms with Crippen molar-refractivity contribution in [1.82, 2.24) is 4.57 Å². The number of aromatic nitrogens is 1. The number of hydrogen-bond donors (Lipinski definition) is 0. The zero-order chi connectivity index (χ0) is 13.1. The van der Waals surface area contributed by atoms with Gasteiger partial charge in [0, 0.05) is 22.6 Å². The predicted octanol–water partition coefficient (Wildman–Crippen LogP) is 3.59. The van der Waals surface area contributed by atoms with Crippen LogP contribution in [-0.4, -0.2) is 10.5 Å². The van der Waals surface area contributed by atoms with Gasteiger partial charge in [-0.15, -0.1) is 0 Å². The molecule has 0 saturated heterocycles. The summed E-state index contributed by atoms with van der Waals surface area (Å²) in [7, 11) is 0. The fourth-order valence-electron chi connectivity index (χ4n) is 2.66. The van der Waals surface area contributed by atoms with Crippen LogP contribution >= 0.6 is 0 Å². The molecule has 0 amide bonds. The predicted molar refractivity (Wildman–Crippen MR) is 67.0 cm³/mol. The SMILES string of the molecule is O=C1c2ccccc2-c2cc3c(F)cc(F)cc3n21. The van der Waals surface area contributed by atoms with Crippen LogP contribution in [0.2, 0.25) is 0 Å². The minimum atomic E-state index is -0.686. The van der Waals surface area contributed by atoms with Crippen molar-refractivity contribution in [2.75, 3.05) is 0 Å². The van der Waals surface area contributed by atoms with Crippen molar-refractivity contribution in [2.45, 2.75) is 0 Å². The first kappa shape index (κ1) is 10.4. The molecule has 0 N–H and O–H groups in total. The van der Waals surface area contributed by atoms with Gasteiger partial charge in [0.05, 0.1) is 11.2 Å². The quantitative estimate of drug-likeness (QED) is 0.470. The topological polar surface area (TPSA) is 22.0 Å². The first-order chi connectivity index (χ1) is 9.16. The van der Waals surface area contributed by atoms with Crippen LogP contribution in [0.4, 0.5) is 8.78 Å². The Morgan fingerprint density at radius 2 is 1.68 bits per heavy atom. The third kappa shape index (κ3) is 1.20. The van der Waals surface area contributed by atoms with Crippen molar-refractivity contribution in [2.24, 2.45) is 0 Å². The van der Waals surface area contributed by atoms with Crippen molar-refractivity contribution in [1.29, 1.82) is 0 Å². The Kier molecular flexibility index (Phi) is 1.81. The summed E-state index contributed by atoms with van der Waals surface area (Å²) >= 11 is 0. The van der Waals surface area contributed by atoms with E-state index in [-0.39, 0.29) is 16.8 Å². The zero-order valence-corrected chi connectivity index (χ0v) is 9.65. The number of hydrogen-bond acceptors (Lipinski definition) is 1. The lowest BCUT2D eigenvalue weighted by molar-refractivity contribution is 0.0973. The summed E-state index contributed by atoms with van der Waals surface area (Å²) in [5, 5.41) is 0.263. The molecule has 0 aliphatic carbocycles. The van der Waals surface area contributed by atoms with Crippen molar-refractivity contribution >= 4 is 16.8 Å². The second-order valence-corrected chi connectivity index (χ2v) is 4.54. The van der Waals surface area contributed by atoms with Gasteiger partial charge in [-0.3, -0.25) is 9.36 Å². The standard InChI is InChI=1S/C15H7F2NO/c16-8-5-12(17)11-7-14-9-3-1-2-4-10(9)15(19)18(14)13(11)6-8/h1-7H. The average Bonchev–Trinajstić information content (AvgIpc) is 2.88. The van der Waals surface area contributed by atoms with E-state index < -0.39 is 11.6 Å². The number of halogens is 2. The van der Waals surface area contributed by atoms with E-state index >= 15 is 0 Å². The molecule has 0 atom stereocenters. The highest BCUT2D eigenvalue weighted by Gasteiger charge is 2.29. The van der Waals surface area contributed by atoms with E-state index in [4.69, 9.17) is 0 Å².